The number of rotatable bonds is 7. The lowest BCUT2D eigenvalue weighted by molar-refractivity contribution is -0.137. The topological polar surface area (TPSA) is 86.9 Å². The van der Waals surface area contributed by atoms with Crippen LogP contribution in [-0.4, -0.2) is 59.6 Å². The molecule has 1 aliphatic heterocycles. The average molecular weight is 285 g/mol. The van der Waals surface area contributed by atoms with E-state index in [1.54, 1.807) is 11.0 Å². The van der Waals surface area contributed by atoms with Crippen LogP contribution in [-0.2, 0) is 4.79 Å². The summed E-state index contributed by atoms with van der Waals surface area (Å²) in [6.07, 6.45) is 5.30. The van der Waals surface area contributed by atoms with Gasteiger partial charge in [0.05, 0.1) is 6.42 Å². The van der Waals surface area contributed by atoms with Crippen molar-refractivity contribution in [1.82, 2.24) is 9.80 Å². The molecule has 0 aromatic rings. The second kappa shape index (κ2) is 11.3. The van der Waals surface area contributed by atoms with E-state index in [9.17, 15) is 9.59 Å². The third kappa shape index (κ3) is 9.38. The molecule has 0 aliphatic carbocycles. The van der Waals surface area contributed by atoms with Crippen LogP contribution in [0.1, 0.15) is 32.6 Å². The third-order valence-corrected chi connectivity index (χ3v) is 2.99. The molecule has 0 bridgehead atoms. The minimum Gasteiger partial charge on any atom is -0.481 e. The molecule has 6 heteroatoms. The molecule has 116 valence electrons. The second-order valence-electron chi connectivity index (χ2n) is 4.77. The smallest absolute Gasteiger partial charge is 0.314 e. The number of primary amides is 1. The van der Waals surface area contributed by atoms with Crippen LogP contribution in [0, 0.1) is 0 Å². The van der Waals surface area contributed by atoms with Gasteiger partial charge in [-0.1, -0.05) is 13.0 Å². The van der Waals surface area contributed by atoms with Gasteiger partial charge in [-0.2, -0.15) is 0 Å². The Morgan fingerprint density at radius 1 is 1.35 bits per heavy atom. The highest BCUT2D eigenvalue weighted by Gasteiger charge is 2.13. The number of hydrogen-bond acceptors (Lipinski definition) is 3. The molecule has 1 saturated heterocycles. The van der Waals surface area contributed by atoms with Gasteiger partial charge in [-0.05, 0) is 25.8 Å². The first-order valence-electron chi connectivity index (χ1n) is 7.10. The van der Waals surface area contributed by atoms with Gasteiger partial charge >= 0.3 is 12.0 Å². The van der Waals surface area contributed by atoms with Gasteiger partial charge in [0.15, 0.2) is 0 Å². The Kier molecular flexibility index (Phi) is 10.4. The summed E-state index contributed by atoms with van der Waals surface area (Å²) in [5.41, 5.74) is 4.98. The van der Waals surface area contributed by atoms with Crippen molar-refractivity contribution in [2.75, 3.05) is 32.7 Å². The highest BCUT2D eigenvalue weighted by Crippen LogP contribution is 2.05. The molecular weight excluding hydrogens is 258 g/mol. The van der Waals surface area contributed by atoms with E-state index in [0.29, 0.717) is 6.54 Å². The number of aliphatic carboxylic acids is 1. The lowest BCUT2D eigenvalue weighted by Gasteiger charge is -2.18. The summed E-state index contributed by atoms with van der Waals surface area (Å²) in [6, 6.07) is -0.275. The third-order valence-electron chi connectivity index (χ3n) is 2.99. The van der Waals surface area contributed by atoms with Crippen molar-refractivity contribution in [3.63, 3.8) is 0 Å². The molecule has 1 rings (SSSR count). The van der Waals surface area contributed by atoms with Crippen LogP contribution < -0.4 is 5.73 Å². The van der Waals surface area contributed by atoms with E-state index in [1.807, 2.05) is 0 Å². The minimum absolute atomic E-state index is 0.216. The van der Waals surface area contributed by atoms with Gasteiger partial charge in [0, 0.05) is 26.2 Å². The molecule has 0 atom stereocenters. The number of carboxylic acid groups (broad SMARTS) is 1. The van der Waals surface area contributed by atoms with Crippen LogP contribution in [0.5, 0.6) is 0 Å². The molecular formula is C14H27N3O3. The van der Waals surface area contributed by atoms with Crippen LogP contribution in [0.4, 0.5) is 4.79 Å². The van der Waals surface area contributed by atoms with Crippen molar-refractivity contribution >= 4 is 12.0 Å². The summed E-state index contributed by atoms with van der Waals surface area (Å²) in [7, 11) is 0. The maximum atomic E-state index is 10.3. The first kappa shape index (κ1) is 18.4. The summed E-state index contributed by atoms with van der Waals surface area (Å²) < 4.78 is 0. The number of nitrogens with zero attached hydrogens (tertiary/aromatic N) is 2. The molecule has 1 aliphatic rings. The van der Waals surface area contributed by atoms with Crippen molar-refractivity contribution in [3.8, 4) is 0 Å². The average Bonchev–Trinajstić information content (AvgIpc) is 2.91. The number of carbonyl (C=O) groups is 2. The Hall–Kier alpha value is -1.56. The predicted octanol–water partition coefficient (Wildman–Crippen LogP) is 1.52. The molecule has 6 nitrogen and oxygen atoms in total. The first-order chi connectivity index (χ1) is 9.51. The molecule has 0 saturated carbocycles. The Bertz CT molecular complexity index is 302. The maximum absolute atomic E-state index is 10.3. The first-order valence-corrected chi connectivity index (χ1v) is 7.10. The van der Waals surface area contributed by atoms with Gasteiger partial charge in [-0.15, -0.1) is 6.58 Å². The van der Waals surface area contributed by atoms with E-state index in [2.05, 4.69) is 18.4 Å². The van der Waals surface area contributed by atoms with Crippen LogP contribution in [0.2, 0.25) is 0 Å². The van der Waals surface area contributed by atoms with Gasteiger partial charge in [0.1, 0.15) is 0 Å². The van der Waals surface area contributed by atoms with E-state index in [4.69, 9.17) is 10.8 Å². The van der Waals surface area contributed by atoms with Gasteiger partial charge in [-0.25, -0.2) is 4.79 Å². The zero-order chi connectivity index (χ0) is 15.4. The normalized spacial score (nSPS) is 13.8. The van der Waals surface area contributed by atoms with Crippen molar-refractivity contribution in [3.05, 3.63) is 12.7 Å². The fourth-order valence-corrected chi connectivity index (χ4v) is 1.98. The van der Waals surface area contributed by atoms with E-state index >= 15 is 0 Å². The van der Waals surface area contributed by atoms with E-state index in [0.717, 1.165) is 45.4 Å². The number of nitrogens with two attached hydrogens (primary N) is 1. The second-order valence-corrected chi connectivity index (χ2v) is 4.77. The van der Waals surface area contributed by atoms with Crippen LogP contribution >= 0.6 is 0 Å². The number of likely N-dealkylation sites (tertiary alicyclic amines) is 1. The molecule has 1 fully saturated rings. The van der Waals surface area contributed by atoms with E-state index in [1.165, 1.54) is 0 Å². The van der Waals surface area contributed by atoms with Crippen molar-refractivity contribution in [1.29, 1.82) is 0 Å². The SMILES string of the molecule is C=CCN(CCC)CCC(=O)O.NC(=O)N1CCCC1. The van der Waals surface area contributed by atoms with Crippen LogP contribution in [0.15, 0.2) is 12.7 Å². The highest BCUT2D eigenvalue weighted by molar-refractivity contribution is 5.72. The number of amides is 2. The summed E-state index contributed by atoms with van der Waals surface area (Å²) in [4.78, 5) is 24.4. The van der Waals surface area contributed by atoms with Gasteiger partial charge in [0.25, 0.3) is 0 Å². The molecule has 3 N–H and O–H groups in total. The zero-order valence-corrected chi connectivity index (χ0v) is 12.4. The molecule has 2 amide bonds. The van der Waals surface area contributed by atoms with E-state index in [-0.39, 0.29) is 12.5 Å². The van der Waals surface area contributed by atoms with Crippen molar-refractivity contribution < 1.29 is 14.7 Å². The Morgan fingerprint density at radius 3 is 2.30 bits per heavy atom. The molecule has 20 heavy (non-hydrogen) atoms. The molecule has 0 aromatic carbocycles. The Balaban J connectivity index is 0.000000388. The molecule has 0 aromatic heterocycles. The summed E-state index contributed by atoms with van der Waals surface area (Å²) in [5.74, 6) is -0.736. The predicted molar refractivity (Wildman–Crippen MR) is 79.6 cm³/mol. The standard InChI is InChI=1S/C9H17NO2.C5H10N2O/c1-3-6-10(7-4-2)8-5-9(11)12;6-5(8)7-3-1-2-4-7/h3H,1,4-8H2,2H3,(H,11,12);1-4H2,(H2,6,8). The van der Waals surface area contributed by atoms with Crippen molar-refractivity contribution in [2.24, 2.45) is 5.73 Å². The molecule has 0 unspecified atom stereocenters. The van der Waals surface area contributed by atoms with Gasteiger partial charge < -0.3 is 15.7 Å². The van der Waals surface area contributed by atoms with Gasteiger partial charge in [-0.3, -0.25) is 9.69 Å². The number of carboxylic acids is 1. The fourth-order valence-electron chi connectivity index (χ4n) is 1.98. The largest absolute Gasteiger partial charge is 0.481 e. The lowest BCUT2D eigenvalue weighted by Crippen LogP contribution is -2.32. The van der Waals surface area contributed by atoms with E-state index < -0.39 is 5.97 Å². The monoisotopic (exact) mass is 285 g/mol. The highest BCUT2D eigenvalue weighted by atomic mass is 16.4. The lowest BCUT2D eigenvalue weighted by atomic mass is 10.3. The Morgan fingerprint density at radius 2 is 1.95 bits per heavy atom. The Labute approximate surface area is 121 Å². The zero-order valence-electron chi connectivity index (χ0n) is 12.4. The number of hydrogen-bond donors (Lipinski definition) is 2. The van der Waals surface area contributed by atoms with Crippen molar-refractivity contribution in [2.45, 2.75) is 32.6 Å². The molecule has 1 heterocycles. The maximum Gasteiger partial charge on any atom is 0.314 e. The van der Waals surface area contributed by atoms with Crippen LogP contribution in [0.25, 0.3) is 0 Å². The summed E-state index contributed by atoms with van der Waals surface area (Å²) >= 11 is 0. The fraction of sp³-hybridized carbons (Fsp3) is 0.714. The summed E-state index contributed by atoms with van der Waals surface area (Å²) in [5, 5.41) is 8.45. The quantitative estimate of drug-likeness (QED) is 0.694. The summed E-state index contributed by atoms with van der Waals surface area (Å²) in [6.45, 7) is 9.76. The number of carbonyl (C=O) groups excluding carboxylic acids is 1. The van der Waals surface area contributed by atoms with Gasteiger partial charge in [0.2, 0.25) is 0 Å². The molecule has 0 radical (unpaired) electrons. The van der Waals surface area contributed by atoms with Crippen LogP contribution in [0.3, 0.4) is 0 Å². The number of urea groups is 1. The minimum atomic E-state index is -0.736. The molecule has 0 spiro atoms.